The molecule has 0 atom stereocenters. The van der Waals surface area contributed by atoms with E-state index in [9.17, 15) is 0 Å². The summed E-state index contributed by atoms with van der Waals surface area (Å²) in [4.78, 5) is 10.9. The molecule has 1 aromatic heterocycles. The van der Waals surface area contributed by atoms with Gasteiger partial charge in [0, 0.05) is 18.7 Å². The van der Waals surface area contributed by atoms with E-state index in [-0.39, 0.29) is 0 Å². The molecule has 0 saturated carbocycles. The molecule has 1 heterocycles. The van der Waals surface area contributed by atoms with E-state index in [2.05, 4.69) is 48.0 Å². The van der Waals surface area contributed by atoms with Crippen molar-refractivity contribution >= 4 is 11.6 Å². The lowest BCUT2D eigenvalue weighted by Crippen LogP contribution is -2.27. The molecule has 0 radical (unpaired) electrons. The van der Waals surface area contributed by atoms with Gasteiger partial charge in [-0.05, 0) is 19.3 Å². The number of nitrogen functional groups attached to an aromatic ring is 1. The van der Waals surface area contributed by atoms with Gasteiger partial charge in [-0.2, -0.15) is 0 Å². The molecule has 0 aromatic carbocycles. The third-order valence-electron chi connectivity index (χ3n) is 3.04. The minimum atomic E-state index is 0.336. The maximum atomic E-state index is 5.54. The second-order valence-corrected chi connectivity index (χ2v) is 4.69. The number of anilines is 2. The summed E-state index contributed by atoms with van der Waals surface area (Å²) in [6.45, 7) is 10.6. The molecule has 0 amide bonds. The maximum Gasteiger partial charge on any atom is 0.148 e. The summed E-state index contributed by atoms with van der Waals surface area (Å²) >= 11 is 0. The number of hydrogen-bond acceptors (Lipinski definition) is 5. The molecular weight excluding hydrogens is 226 g/mol. The van der Waals surface area contributed by atoms with Gasteiger partial charge < -0.3 is 10.3 Å². The number of nitrogens with two attached hydrogens (primary N) is 1. The van der Waals surface area contributed by atoms with E-state index in [0.717, 1.165) is 30.3 Å². The maximum absolute atomic E-state index is 5.54. The predicted molar refractivity (Wildman–Crippen MR) is 76.7 cm³/mol. The quantitative estimate of drug-likeness (QED) is 0.576. The fourth-order valence-electron chi connectivity index (χ4n) is 2.05. The van der Waals surface area contributed by atoms with Crippen LogP contribution in [0.5, 0.6) is 0 Å². The van der Waals surface area contributed by atoms with Gasteiger partial charge in [-0.15, -0.1) is 0 Å². The third kappa shape index (κ3) is 3.32. The smallest absolute Gasteiger partial charge is 0.148 e. The summed E-state index contributed by atoms with van der Waals surface area (Å²) in [5.41, 5.74) is 3.77. The predicted octanol–water partition coefficient (Wildman–Crippen LogP) is 2.51. The Morgan fingerprint density at radius 1 is 1.33 bits per heavy atom. The van der Waals surface area contributed by atoms with E-state index in [1.54, 1.807) is 6.33 Å². The summed E-state index contributed by atoms with van der Waals surface area (Å²) in [5.74, 6) is 7.61. The molecular formula is C13H25N5. The van der Waals surface area contributed by atoms with Crippen LogP contribution in [0.4, 0.5) is 11.6 Å². The molecule has 3 N–H and O–H groups in total. The van der Waals surface area contributed by atoms with Crippen LogP contribution in [0.15, 0.2) is 6.33 Å². The number of hydrazine groups is 1. The van der Waals surface area contributed by atoms with E-state index < -0.39 is 0 Å². The van der Waals surface area contributed by atoms with Crippen molar-refractivity contribution in [3.8, 4) is 0 Å². The average molecular weight is 251 g/mol. The van der Waals surface area contributed by atoms with Gasteiger partial charge in [0.25, 0.3) is 0 Å². The third-order valence-corrected chi connectivity index (χ3v) is 3.04. The Labute approximate surface area is 110 Å². The summed E-state index contributed by atoms with van der Waals surface area (Å²) < 4.78 is 0. The Kier molecular flexibility index (Phi) is 5.85. The molecule has 5 nitrogen and oxygen atoms in total. The highest BCUT2D eigenvalue weighted by Crippen LogP contribution is 2.30. The number of nitrogens with zero attached hydrogens (tertiary/aromatic N) is 3. The first-order valence-electron chi connectivity index (χ1n) is 6.72. The molecule has 0 fully saturated rings. The highest BCUT2D eigenvalue weighted by Gasteiger charge is 2.18. The molecule has 0 unspecified atom stereocenters. The summed E-state index contributed by atoms with van der Waals surface area (Å²) in [6, 6.07) is 0. The van der Waals surface area contributed by atoms with Gasteiger partial charge in [0.05, 0.1) is 0 Å². The van der Waals surface area contributed by atoms with Gasteiger partial charge in [-0.3, -0.25) is 0 Å². The molecule has 0 spiro atoms. The van der Waals surface area contributed by atoms with Gasteiger partial charge in [0.1, 0.15) is 18.0 Å². The minimum Gasteiger partial charge on any atom is -0.356 e. The van der Waals surface area contributed by atoms with Crippen molar-refractivity contribution in [3.05, 3.63) is 11.9 Å². The van der Waals surface area contributed by atoms with Crippen molar-refractivity contribution in [3.63, 3.8) is 0 Å². The Balaban J connectivity index is 3.12. The summed E-state index contributed by atoms with van der Waals surface area (Å²) in [7, 11) is 0. The Morgan fingerprint density at radius 2 is 2.06 bits per heavy atom. The lowest BCUT2D eigenvalue weighted by Gasteiger charge is -2.26. The van der Waals surface area contributed by atoms with Crippen molar-refractivity contribution in [2.75, 3.05) is 23.4 Å². The monoisotopic (exact) mass is 251 g/mol. The lowest BCUT2D eigenvalue weighted by molar-refractivity contribution is 0.711. The standard InChI is InChI=1S/C13H25N5/c1-5-7-8-18(6-2)13-11(10(3)4)12(17-14)15-9-16-13/h9-10H,5-8,14H2,1-4H3,(H,15,16,17). The van der Waals surface area contributed by atoms with E-state index in [1.807, 2.05) is 0 Å². The first-order valence-corrected chi connectivity index (χ1v) is 6.72. The van der Waals surface area contributed by atoms with Crippen LogP contribution in [0.1, 0.15) is 52.0 Å². The topological polar surface area (TPSA) is 67.1 Å². The van der Waals surface area contributed by atoms with E-state index in [4.69, 9.17) is 5.84 Å². The molecule has 0 aliphatic rings. The fourth-order valence-corrected chi connectivity index (χ4v) is 2.05. The molecule has 102 valence electrons. The van der Waals surface area contributed by atoms with Crippen molar-refractivity contribution in [1.29, 1.82) is 0 Å². The molecule has 1 aromatic rings. The van der Waals surface area contributed by atoms with Crippen LogP contribution in [0.2, 0.25) is 0 Å². The summed E-state index contributed by atoms with van der Waals surface area (Å²) in [6.07, 6.45) is 3.92. The first kappa shape index (κ1) is 14.7. The average Bonchev–Trinajstić information content (AvgIpc) is 2.38. The van der Waals surface area contributed by atoms with E-state index in [1.165, 1.54) is 12.8 Å². The number of nitrogens with one attached hydrogen (secondary N) is 1. The van der Waals surface area contributed by atoms with E-state index >= 15 is 0 Å². The largest absolute Gasteiger partial charge is 0.356 e. The van der Waals surface area contributed by atoms with Crippen LogP contribution >= 0.6 is 0 Å². The van der Waals surface area contributed by atoms with Crippen LogP contribution in [0.25, 0.3) is 0 Å². The van der Waals surface area contributed by atoms with Gasteiger partial charge in [-0.25, -0.2) is 15.8 Å². The molecule has 5 heteroatoms. The summed E-state index contributed by atoms with van der Waals surface area (Å²) in [5, 5.41) is 0. The minimum absolute atomic E-state index is 0.336. The molecule has 18 heavy (non-hydrogen) atoms. The molecule has 0 saturated heterocycles. The lowest BCUT2D eigenvalue weighted by atomic mass is 10.0. The van der Waals surface area contributed by atoms with Crippen molar-refractivity contribution in [2.45, 2.75) is 46.5 Å². The molecule has 0 aliphatic carbocycles. The van der Waals surface area contributed by atoms with Crippen LogP contribution < -0.4 is 16.2 Å². The Morgan fingerprint density at radius 3 is 2.56 bits per heavy atom. The number of rotatable bonds is 7. The van der Waals surface area contributed by atoms with E-state index in [0.29, 0.717) is 5.92 Å². The fraction of sp³-hybridized carbons (Fsp3) is 0.692. The zero-order valence-corrected chi connectivity index (χ0v) is 11.9. The van der Waals surface area contributed by atoms with Crippen LogP contribution in [-0.2, 0) is 0 Å². The molecule has 0 bridgehead atoms. The normalized spacial score (nSPS) is 10.8. The van der Waals surface area contributed by atoms with Crippen molar-refractivity contribution in [1.82, 2.24) is 9.97 Å². The molecule has 1 rings (SSSR count). The Bertz CT molecular complexity index is 364. The number of aromatic nitrogens is 2. The van der Waals surface area contributed by atoms with Gasteiger partial charge in [-0.1, -0.05) is 27.2 Å². The zero-order chi connectivity index (χ0) is 13.5. The van der Waals surface area contributed by atoms with Gasteiger partial charge in [0.15, 0.2) is 0 Å². The SMILES string of the molecule is CCCCN(CC)c1ncnc(NN)c1C(C)C. The van der Waals surface area contributed by atoms with Crippen molar-refractivity contribution < 1.29 is 0 Å². The van der Waals surface area contributed by atoms with Crippen LogP contribution in [0, 0.1) is 0 Å². The van der Waals surface area contributed by atoms with Crippen molar-refractivity contribution in [2.24, 2.45) is 5.84 Å². The highest BCUT2D eigenvalue weighted by atomic mass is 15.3. The van der Waals surface area contributed by atoms with Gasteiger partial charge >= 0.3 is 0 Å². The Hall–Kier alpha value is -1.36. The number of unbranched alkanes of at least 4 members (excludes halogenated alkanes) is 1. The van der Waals surface area contributed by atoms with Crippen LogP contribution in [-0.4, -0.2) is 23.1 Å². The second-order valence-electron chi connectivity index (χ2n) is 4.69. The van der Waals surface area contributed by atoms with Gasteiger partial charge in [0.2, 0.25) is 0 Å². The zero-order valence-electron chi connectivity index (χ0n) is 11.9. The second kappa shape index (κ2) is 7.16. The highest BCUT2D eigenvalue weighted by molar-refractivity contribution is 5.59. The van der Waals surface area contributed by atoms with Crippen LogP contribution in [0.3, 0.4) is 0 Å². The molecule has 0 aliphatic heterocycles. The number of hydrogen-bond donors (Lipinski definition) is 2. The first-order chi connectivity index (χ1) is 8.65.